The van der Waals surface area contributed by atoms with E-state index in [1.807, 2.05) is 36.4 Å². The lowest BCUT2D eigenvalue weighted by Gasteiger charge is -2.32. The summed E-state index contributed by atoms with van der Waals surface area (Å²) in [5.74, 6) is -1.90. The van der Waals surface area contributed by atoms with Crippen molar-refractivity contribution in [2.75, 3.05) is 13.1 Å². The largest absolute Gasteiger partial charge is 0.481 e. The zero-order valence-electron chi connectivity index (χ0n) is 21.4. The van der Waals surface area contributed by atoms with E-state index in [-0.39, 0.29) is 24.1 Å². The lowest BCUT2D eigenvalue weighted by Crippen LogP contribution is -2.56. The third kappa shape index (κ3) is 6.74. The SMILES string of the molecule is NC(Cc1cccnc1)C(=O)N1CCCC1C(=O)N1CCCC1C(=O)NC(CC(=O)O)Cc1ccccc1. The lowest BCUT2D eigenvalue weighted by atomic mass is 10.0. The Bertz CT molecular complexity index is 1130. The molecule has 0 spiro atoms. The number of aliphatic carboxylic acids is 1. The Balaban J connectivity index is 1.41. The highest BCUT2D eigenvalue weighted by Crippen LogP contribution is 2.26. The molecule has 4 N–H and O–H groups in total. The maximum absolute atomic E-state index is 13.6. The average Bonchev–Trinajstić information content (AvgIpc) is 3.59. The molecule has 3 amide bonds. The van der Waals surface area contributed by atoms with E-state index in [1.165, 1.54) is 0 Å². The quantitative estimate of drug-likeness (QED) is 0.425. The number of aromatic nitrogens is 1. The molecule has 38 heavy (non-hydrogen) atoms. The van der Waals surface area contributed by atoms with Gasteiger partial charge < -0.3 is 26.0 Å². The van der Waals surface area contributed by atoms with Gasteiger partial charge in [-0.05, 0) is 55.7 Å². The number of hydrogen-bond donors (Lipinski definition) is 3. The summed E-state index contributed by atoms with van der Waals surface area (Å²) in [5, 5.41) is 12.2. The van der Waals surface area contributed by atoms with Crippen molar-refractivity contribution in [3.63, 3.8) is 0 Å². The predicted molar refractivity (Wildman–Crippen MR) is 140 cm³/mol. The Morgan fingerprint density at radius 2 is 1.63 bits per heavy atom. The minimum absolute atomic E-state index is 0.221. The van der Waals surface area contributed by atoms with E-state index in [4.69, 9.17) is 5.73 Å². The molecule has 202 valence electrons. The standard InChI is InChI=1S/C28H35N5O5/c29-22(16-20-9-4-12-30-18-20)27(37)33-14-6-11-24(33)28(38)32-13-5-10-23(32)26(36)31-21(17-25(34)35)15-19-7-2-1-3-8-19/h1-4,7-9,12,18,21-24H,5-6,10-11,13-17,29H2,(H,31,36)(H,34,35). The summed E-state index contributed by atoms with van der Waals surface area (Å²) in [4.78, 5) is 58.7. The topological polar surface area (TPSA) is 146 Å². The second-order valence-corrected chi connectivity index (χ2v) is 10.0. The van der Waals surface area contributed by atoms with Crippen LogP contribution in [0, 0.1) is 0 Å². The van der Waals surface area contributed by atoms with E-state index in [2.05, 4.69) is 10.3 Å². The van der Waals surface area contributed by atoms with E-state index in [0.29, 0.717) is 51.6 Å². The highest BCUT2D eigenvalue weighted by atomic mass is 16.4. The number of amides is 3. The Kier molecular flexibility index (Phi) is 9.06. The number of hydrogen-bond acceptors (Lipinski definition) is 6. The van der Waals surface area contributed by atoms with Gasteiger partial charge in [-0.25, -0.2) is 0 Å². The van der Waals surface area contributed by atoms with Crippen LogP contribution in [0.5, 0.6) is 0 Å². The molecule has 2 fully saturated rings. The lowest BCUT2D eigenvalue weighted by molar-refractivity contribution is -0.147. The van der Waals surface area contributed by atoms with Crippen molar-refractivity contribution in [1.82, 2.24) is 20.1 Å². The van der Waals surface area contributed by atoms with Crippen LogP contribution in [-0.2, 0) is 32.0 Å². The molecule has 1 aromatic carbocycles. The maximum Gasteiger partial charge on any atom is 0.305 e. The van der Waals surface area contributed by atoms with Crippen LogP contribution in [0.1, 0.15) is 43.2 Å². The zero-order valence-corrected chi connectivity index (χ0v) is 21.4. The number of benzene rings is 1. The van der Waals surface area contributed by atoms with Crippen molar-refractivity contribution in [1.29, 1.82) is 0 Å². The number of carboxylic acids is 1. The van der Waals surface area contributed by atoms with Gasteiger partial charge in [-0.2, -0.15) is 0 Å². The molecule has 10 nitrogen and oxygen atoms in total. The van der Waals surface area contributed by atoms with Crippen LogP contribution < -0.4 is 11.1 Å². The number of carbonyl (C=O) groups is 4. The van der Waals surface area contributed by atoms with Crippen LogP contribution in [0.3, 0.4) is 0 Å². The van der Waals surface area contributed by atoms with Gasteiger partial charge in [-0.15, -0.1) is 0 Å². The van der Waals surface area contributed by atoms with Gasteiger partial charge in [0.15, 0.2) is 0 Å². The molecule has 0 bridgehead atoms. The first-order valence-corrected chi connectivity index (χ1v) is 13.1. The number of nitrogens with zero attached hydrogens (tertiary/aromatic N) is 3. The molecule has 0 saturated carbocycles. The van der Waals surface area contributed by atoms with Gasteiger partial charge in [0, 0.05) is 31.5 Å². The molecule has 2 saturated heterocycles. The van der Waals surface area contributed by atoms with Crippen LogP contribution in [0.25, 0.3) is 0 Å². The van der Waals surface area contributed by atoms with Crippen LogP contribution in [-0.4, -0.2) is 80.8 Å². The van der Waals surface area contributed by atoms with Gasteiger partial charge in [0.2, 0.25) is 17.7 Å². The molecule has 1 aromatic heterocycles. The van der Waals surface area contributed by atoms with Gasteiger partial charge in [-0.3, -0.25) is 24.2 Å². The van der Waals surface area contributed by atoms with Crippen LogP contribution in [0.2, 0.25) is 0 Å². The Morgan fingerprint density at radius 1 is 0.947 bits per heavy atom. The minimum Gasteiger partial charge on any atom is -0.481 e. The highest BCUT2D eigenvalue weighted by molar-refractivity contribution is 5.94. The van der Waals surface area contributed by atoms with E-state index in [0.717, 1.165) is 11.1 Å². The smallest absolute Gasteiger partial charge is 0.305 e. The van der Waals surface area contributed by atoms with Crippen molar-refractivity contribution in [3.05, 3.63) is 66.0 Å². The molecule has 0 aliphatic carbocycles. The van der Waals surface area contributed by atoms with Gasteiger partial charge in [0.1, 0.15) is 12.1 Å². The second kappa shape index (κ2) is 12.6. The molecule has 0 radical (unpaired) electrons. The third-order valence-corrected chi connectivity index (χ3v) is 7.25. The Labute approximate surface area is 222 Å². The summed E-state index contributed by atoms with van der Waals surface area (Å²) in [6.45, 7) is 0.859. The van der Waals surface area contributed by atoms with Crippen LogP contribution in [0.15, 0.2) is 54.9 Å². The summed E-state index contributed by atoms with van der Waals surface area (Å²) in [5.41, 5.74) is 7.99. The van der Waals surface area contributed by atoms with Gasteiger partial charge in [0.05, 0.1) is 12.5 Å². The average molecular weight is 522 g/mol. The van der Waals surface area contributed by atoms with E-state index >= 15 is 0 Å². The van der Waals surface area contributed by atoms with Crippen molar-refractivity contribution < 1.29 is 24.3 Å². The third-order valence-electron chi connectivity index (χ3n) is 7.25. The monoisotopic (exact) mass is 521 g/mol. The first-order valence-electron chi connectivity index (χ1n) is 13.1. The molecule has 2 aliphatic heterocycles. The summed E-state index contributed by atoms with van der Waals surface area (Å²) >= 11 is 0. The van der Waals surface area contributed by atoms with Gasteiger partial charge >= 0.3 is 5.97 Å². The molecule has 10 heteroatoms. The molecule has 4 atom stereocenters. The molecule has 2 aromatic rings. The normalized spacial score (nSPS) is 20.7. The van der Waals surface area contributed by atoms with E-state index in [1.54, 1.807) is 28.3 Å². The second-order valence-electron chi connectivity index (χ2n) is 10.0. The molecule has 4 unspecified atom stereocenters. The van der Waals surface area contributed by atoms with Gasteiger partial charge in [-0.1, -0.05) is 36.4 Å². The minimum atomic E-state index is -1.01. The first kappa shape index (κ1) is 27.3. The summed E-state index contributed by atoms with van der Waals surface area (Å²) < 4.78 is 0. The molecular formula is C28H35N5O5. The molecule has 2 aliphatic rings. The number of carbonyl (C=O) groups excluding carboxylic acids is 3. The number of carboxylic acid groups (broad SMARTS) is 1. The number of likely N-dealkylation sites (tertiary alicyclic amines) is 2. The fourth-order valence-electron chi connectivity index (χ4n) is 5.44. The number of nitrogens with two attached hydrogens (primary N) is 1. The van der Waals surface area contributed by atoms with E-state index in [9.17, 15) is 24.3 Å². The Hall–Kier alpha value is -3.79. The molecular weight excluding hydrogens is 486 g/mol. The first-order chi connectivity index (χ1) is 18.3. The Morgan fingerprint density at radius 3 is 2.32 bits per heavy atom. The van der Waals surface area contributed by atoms with E-state index < -0.39 is 30.1 Å². The molecule has 3 heterocycles. The molecule has 4 rings (SSSR count). The fraction of sp³-hybridized carbons (Fsp3) is 0.464. The maximum atomic E-state index is 13.6. The zero-order chi connectivity index (χ0) is 27.1. The highest BCUT2D eigenvalue weighted by Gasteiger charge is 2.43. The summed E-state index contributed by atoms with van der Waals surface area (Å²) in [7, 11) is 0. The number of rotatable bonds is 10. The summed E-state index contributed by atoms with van der Waals surface area (Å²) in [6, 6.07) is 10.3. The van der Waals surface area contributed by atoms with Crippen LogP contribution >= 0.6 is 0 Å². The fourth-order valence-corrected chi connectivity index (χ4v) is 5.44. The van der Waals surface area contributed by atoms with Crippen LogP contribution in [0.4, 0.5) is 0 Å². The van der Waals surface area contributed by atoms with Gasteiger partial charge in [0.25, 0.3) is 0 Å². The van der Waals surface area contributed by atoms with Crippen molar-refractivity contribution in [3.8, 4) is 0 Å². The van der Waals surface area contributed by atoms with Crippen molar-refractivity contribution in [2.24, 2.45) is 5.73 Å². The number of pyridine rings is 1. The summed E-state index contributed by atoms with van der Waals surface area (Å²) in [6.07, 6.45) is 6.15. The number of nitrogens with one attached hydrogen (secondary N) is 1. The van der Waals surface area contributed by atoms with Crippen molar-refractivity contribution >= 4 is 23.7 Å². The predicted octanol–water partition coefficient (Wildman–Crippen LogP) is 1.14. The van der Waals surface area contributed by atoms with Crippen molar-refractivity contribution in [2.45, 2.75) is 69.1 Å².